The smallest absolute Gasteiger partial charge is 0.155 e. The van der Waals surface area contributed by atoms with E-state index in [1.54, 1.807) is 0 Å². The first-order valence-electron chi connectivity index (χ1n) is 8.48. The molecule has 3 aromatic rings. The van der Waals surface area contributed by atoms with Gasteiger partial charge in [-0.05, 0) is 18.2 Å². The molecule has 0 spiro atoms. The highest BCUT2D eigenvalue weighted by Crippen LogP contribution is 2.46. The highest BCUT2D eigenvalue weighted by atomic mass is 35.7. The summed E-state index contributed by atoms with van der Waals surface area (Å²) in [5.41, 5.74) is 4.98. The van der Waals surface area contributed by atoms with Gasteiger partial charge in [-0.2, -0.15) is 4.48 Å². The third-order valence-electron chi connectivity index (χ3n) is 4.34. The Labute approximate surface area is 165 Å². The van der Waals surface area contributed by atoms with E-state index in [9.17, 15) is 0 Å². The number of allylic oxidation sites excluding steroid dienone is 2. The van der Waals surface area contributed by atoms with Gasteiger partial charge in [0.25, 0.3) is 0 Å². The molecule has 1 aliphatic rings. The maximum absolute atomic E-state index is 8.49. The first-order chi connectivity index (χ1) is 13.4. The Morgan fingerprint density at radius 2 is 0.964 bits per heavy atom. The number of para-hydroxylation sites is 2. The number of hydrogen-bond donors (Lipinski definition) is 0. The zero-order valence-corrected chi connectivity index (χ0v) is 15.6. The molecule has 28 heavy (non-hydrogen) atoms. The predicted molar refractivity (Wildman–Crippen MR) is 97.9 cm³/mol. The molecular formula is C22H18ClNO4. The number of halogens is 1. The van der Waals surface area contributed by atoms with Crippen molar-refractivity contribution >= 4 is 17.1 Å². The molecule has 0 unspecified atom stereocenters. The van der Waals surface area contributed by atoms with E-state index in [1.165, 1.54) is 22.6 Å². The molecule has 0 bridgehead atoms. The molecule has 0 amide bonds. The second-order valence-corrected chi connectivity index (χ2v) is 6.79. The molecule has 0 N–H and O–H groups in total. The van der Waals surface area contributed by atoms with Gasteiger partial charge in [0.05, 0.1) is 0 Å². The average molecular weight is 396 g/mol. The lowest BCUT2D eigenvalue weighted by Gasteiger charge is -2.33. The van der Waals surface area contributed by atoms with Gasteiger partial charge in [-0.1, -0.05) is 54.6 Å². The van der Waals surface area contributed by atoms with Gasteiger partial charge >= 0.3 is 0 Å². The van der Waals surface area contributed by atoms with Crippen LogP contribution in [0.5, 0.6) is 0 Å². The van der Waals surface area contributed by atoms with E-state index >= 15 is 0 Å². The second kappa shape index (κ2) is 8.50. The molecule has 0 fully saturated rings. The first-order valence-corrected chi connectivity index (χ1v) is 9.72. The standard InChI is InChI=1S/C22H18N.ClHO4/c1-4-11-19(12-5-1)22-17-10-18-23(22,20-13-6-2-7-14-20)21-15-8-3-9-16-21;2-1(3,4)5/h1-18H;(H,2,3,4,5)/q+1;/p-1. The fourth-order valence-corrected chi connectivity index (χ4v) is 3.30. The Hall–Kier alpha value is -2.77. The maximum atomic E-state index is 8.49. The van der Waals surface area contributed by atoms with Crippen LogP contribution in [0.3, 0.4) is 0 Å². The number of hydrogen-bond acceptors (Lipinski definition) is 4. The van der Waals surface area contributed by atoms with Gasteiger partial charge in [0.15, 0.2) is 5.70 Å². The Bertz CT molecular complexity index is 907. The minimum absolute atomic E-state index is 0.617. The molecule has 4 rings (SSSR count). The molecule has 142 valence electrons. The molecule has 3 aromatic carbocycles. The van der Waals surface area contributed by atoms with Gasteiger partial charge in [0.2, 0.25) is 0 Å². The van der Waals surface area contributed by atoms with Crippen molar-refractivity contribution in [3.63, 3.8) is 0 Å². The van der Waals surface area contributed by atoms with Gasteiger partial charge < -0.3 is 0 Å². The van der Waals surface area contributed by atoms with E-state index in [-0.39, 0.29) is 0 Å². The summed E-state index contributed by atoms with van der Waals surface area (Å²) < 4.78 is 34.6. The number of benzene rings is 3. The Morgan fingerprint density at radius 1 is 0.571 bits per heavy atom. The lowest BCUT2D eigenvalue weighted by atomic mass is 10.1. The largest absolute Gasteiger partial charge is 0.222 e. The van der Waals surface area contributed by atoms with Crippen LogP contribution in [0.2, 0.25) is 0 Å². The van der Waals surface area contributed by atoms with Gasteiger partial charge in [0, 0.05) is 35.9 Å². The number of nitrogens with zero attached hydrogens (tertiary/aromatic N) is 1. The summed E-state index contributed by atoms with van der Waals surface area (Å²) >= 11 is 0. The Morgan fingerprint density at radius 3 is 1.39 bits per heavy atom. The molecule has 0 saturated heterocycles. The summed E-state index contributed by atoms with van der Waals surface area (Å²) in [6.45, 7) is 0. The molecule has 5 nitrogen and oxygen atoms in total. The van der Waals surface area contributed by atoms with Crippen molar-refractivity contribution in [3.8, 4) is 0 Å². The van der Waals surface area contributed by atoms with Gasteiger partial charge in [0.1, 0.15) is 17.6 Å². The summed E-state index contributed by atoms with van der Waals surface area (Å²) in [7, 11) is -4.94. The molecule has 0 radical (unpaired) electrons. The van der Waals surface area contributed by atoms with Gasteiger partial charge in [-0.3, -0.25) is 0 Å². The van der Waals surface area contributed by atoms with Crippen molar-refractivity contribution in [2.75, 3.05) is 0 Å². The average Bonchev–Trinajstić information content (AvgIpc) is 3.15. The van der Waals surface area contributed by atoms with Crippen molar-refractivity contribution in [3.05, 3.63) is 115 Å². The van der Waals surface area contributed by atoms with Gasteiger partial charge in [-0.25, -0.2) is 18.6 Å². The first kappa shape index (κ1) is 20.0. The monoisotopic (exact) mass is 395 g/mol. The quantitative estimate of drug-likeness (QED) is 0.621. The minimum Gasteiger partial charge on any atom is -0.222 e. The third-order valence-corrected chi connectivity index (χ3v) is 4.34. The zero-order chi connectivity index (χ0) is 20.0. The lowest BCUT2D eigenvalue weighted by Crippen LogP contribution is -2.68. The zero-order valence-electron chi connectivity index (χ0n) is 14.9. The van der Waals surface area contributed by atoms with Crippen LogP contribution in [-0.4, -0.2) is 0 Å². The summed E-state index contributed by atoms with van der Waals surface area (Å²) in [5.74, 6) is 0. The molecule has 6 heteroatoms. The van der Waals surface area contributed by atoms with Crippen molar-refractivity contribution in [1.82, 2.24) is 4.48 Å². The van der Waals surface area contributed by atoms with E-state index in [2.05, 4.69) is 109 Å². The van der Waals surface area contributed by atoms with Crippen molar-refractivity contribution < 1.29 is 28.9 Å². The van der Waals surface area contributed by atoms with Crippen LogP contribution in [0, 0.1) is 10.2 Å². The van der Waals surface area contributed by atoms with E-state index in [4.69, 9.17) is 18.6 Å². The Balaban J connectivity index is 0.000000403. The minimum atomic E-state index is -4.94. The fraction of sp³-hybridized carbons (Fsp3) is 0. The van der Waals surface area contributed by atoms with Crippen LogP contribution in [0.25, 0.3) is 5.70 Å². The topological polar surface area (TPSA) is 92.2 Å². The van der Waals surface area contributed by atoms with E-state index in [1.807, 2.05) is 0 Å². The molecule has 0 atom stereocenters. The van der Waals surface area contributed by atoms with Crippen LogP contribution < -0.4 is 23.1 Å². The van der Waals surface area contributed by atoms with Crippen LogP contribution in [0.15, 0.2) is 109 Å². The summed E-state index contributed by atoms with van der Waals surface area (Å²) in [5, 5.41) is 0. The molecule has 0 saturated carbocycles. The van der Waals surface area contributed by atoms with Crippen molar-refractivity contribution in [2.24, 2.45) is 0 Å². The number of rotatable bonds is 3. The highest BCUT2D eigenvalue weighted by Gasteiger charge is 2.39. The Kier molecular flexibility index (Phi) is 6.06. The highest BCUT2D eigenvalue weighted by molar-refractivity contribution is 5.87. The fourth-order valence-electron chi connectivity index (χ4n) is 3.30. The second-order valence-electron chi connectivity index (χ2n) is 6.03. The van der Waals surface area contributed by atoms with E-state index < -0.39 is 10.2 Å². The van der Waals surface area contributed by atoms with Crippen LogP contribution in [0.1, 0.15) is 5.56 Å². The summed E-state index contributed by atoms with van der Waals surface area (Å²) in [4.78, 5) is 0. The SMILES string of the molecule is C1=C[N+](c2ccccc2)(c2ccccc2)C(c2ccccc2)=C1.[O-][Cl+3]([O-])([O-])[O-]. The molecule has 1 aliphatic heterocycles. The van der Waals surface area contributed by atoms with Crippen LogP contribution >= 0.6 is 0 Å². The van der Waals surface area contributed by atoms with E-state index in [0.29, 0.717) is 4.48 Å². The normalized spacial score (nSPS) is 14.8. The third kappa shape index (κ3) is 4.55. The van der Waals surface area contributed by atoms with Crippen molar-refractivity contribution in [1.29, 1.82) is 0 Å². The molecular weight excluding hydrogens is 378 g/mol. The van der Waals surface area contributed by atoms with Crippen molar-refractivity contribution in [2.45, 2.75) is 0 Å². The predicted octanol–water partition coefficient (Wildman–Crippen LogP) is 1.14. The van der Waals surface area contributed by atoms with Crippen LogP contribution in [0.4, 0.5) is 11.4 Å². The van der Waals surface area contributed by atoms with Gasteiger partial charge in [-0.15, -0.1) is 10.2 Å². The summed E-state index contributed by atoms with van der Waals surface area (Å²) in [6, 6.07) is 31.9. The lowest BCUT2D eigenvalue weighted by molar-refractivity contribution is -2.00. The molecule has 0 aromatic heterocycles. The van der Waals surface area contributed by atoms with E-state index in [0.717, 1.165) is 0 Å². The summed E-state index contributed by atoms with van der Waals surface area (Å²) in [6.07, 6.45) is 6.63. The maximum Gasteiger partial charge on any atom is 0.155 e. The van der Waals surface area contributed by atoms with Crippen LogP contribution in [-0.2, 0) is 0 Å². The molecule has 0 aliphatic carbocycles. The number of quaternary nitrogens is 1. The molecule has 1 heterocycles.